The van der Waals surface area contributed by atoms with Gasteiger partial charge in [0, 0.05) is 15.2 Å². The molecule has 1 amide bonds. The minimum absolute atomic E-state index is 0.0145. The third-order valence-electron chi connectivity index (χ3n) is 2.28. The van der Waals surface area contributed by atoms with Gasteiger partial charge in [0.15, 0.2) is 0 Å². The van der Waals surface area contributed by atoms with Crippen molar-refractivity contribution in [2.24, 2.45) is 0 Å². The van der Waals surface area contributed by atoms with Crippen LogP contribution in [0.5, 0.6) is 0 Å². The summed E-state index contributed by atoms with van der Waals surface area (Å²) in [5, 5.41) is 3.17. The molecular formula is C13H8BrClFNO. The molecule has 0 aliphatic heterocycles. The molecular weight excluding hydrogens is 321 g/mol. The van der Waals surface area contributed by atoms with Crippen LogP contribution in [0.15, 0.2) is 46.9 Å². The number of carbonyl (C=O) groups is 1. The predicted molar refractivity (Wildman–Crippen MR) is 73.5 cm³/mol. The van der Waals surface area contributed by atoms with Crippen LogP contribution in [0.1, 0.15) is 10.4 Å². The van der Waals surface area contributed by atoms with Gasteiger partial charge in [0.05, 0.1) is 5.56 Å². The van der Waals surface area contributed by atoms with Crippen molar-refractivity contribution in [1.82, 2.24) is 0 Å². The minimum atomic E-state index is -0.565. The van der Waals surface area contributed by atoms with E-state index in [9.17, 15) is 9.18 Å². The maximum Gasteiger partial charge on any atom is 0.258 e. The summed E-state index contributed by atoms with van der Waals surface area (Å²) in [6, 6.07) is 10.8. The number of halogens is 3. The second kappa shape index (κ2) is 5.50. The molecule has 2 nitrogen and oxygen atoms in total. The van der Waals surface area contributed by atoms with E-state index in [-0.39, 0.29) is 5.56 Å². The van der Waals surface area contributed by atoms with Gasteiger partial charge in [-0.2, -0.15) is 0 Å². The van der Waals surface area contributed by atoms with Gasteiger partial charge >= 0.3 is 0 Å². The van der Waals surface area contributed by atoms with Crippen LogP contribution in [0.2, 0.25) is 5.02 Å². The first-order valence-electron chi connectivity index (χ1n) is 5.08. The smallest absolute Gasteiger partial charge is 0.258 e. The van der Waals surface area contributed by atoms with Crippen molar-refractivity contribution < 1.29 is 9.18 Å². The lowest BCUT2D eigenvalue weighted by Crippen LogP contribution is -2.13. The maximum absolute atomic E-state index is 13.5. The summed E-state index contributed by atoms with van der Waals surface area (Å²) >= 11 is 8.93. The number of rotatable bonds is 2. The zero-order valence-electron chi connectivity index (χ0n) is 9.08. The van der Waals surface area contributed by atoms with Crippen LogP contribution in [-0.2, 0) is 0 Å². The summed E-state index contributed by atoms with van der Waals surface area (Å²) in [5.41, 5.74) is 0.545. The highest BCUT2D eigenvalue weighted by Crippen LogP contribution is 2.18. The zero-order valence-corrected chi connectivity index (χ0v) is 11.4. The van der Waals surface area contributed by atoms with Crippen LogP contribution >= 0.6 is 27.5 Å². The quantitative estimate of drug-likeness (QED) is 0.864. The average molecular weight is 329 g/mol. The Labute approximate surface area is 117 Å². The first kappa shape index (κ1) is 13.1. The van der Waals surface area contributed by atoms with E-state index in [2.05, 4.69) is 21.2 Å². The summed E-state index contributed by atoms with van der Waals surface area (Å²) in [4.78, 5) is 11.9. The average Bonchev–Trinajstić information content (AvgIpc) is 2.35. The third kappa shape index (κ3) is 3.09. The van der Waals surface area contributed by atoms with E-state index in [4.69, 9.17) is 11.6 Å². The monoisotopic (exact) mass is 327 g/mol. The molecule has 0 unspecified atom stereocenters. The van der Waals surface area contributed by atoms with E-state index in [1.807, 2.05) is 0 Å². The van der Waals surface area contributed by atoms with E-state index in [0.29, 0.717) is 15.2 Å². The lowest BCUT2D eigenvalue weighted by atomic mass is 10.2. The van der Waals surface area contributed by atoms with E-state index in [1.165, 1.54) is 18.2 Å². The summed E-state index contributed by atoms with van der Waals surface area (Å²) in [6.45, 7) is 0. The van der Waals surface area contributed by atoms with Crippen LogP contribution in [0.3, 0.4) is 0 Å². The summed E-state index contributed by atoms with van der Waals surface area (Å²) in [7, 11) is 0. The highest BCUT2D eigenvalue weighted by atomic mass is 79.9. The first-order chi connectivity index (χ1) is 8.56. The Hall–Kier alpha value is -1.39. The Morgan fingerprint density at radius 1 is 1.17 bits per heavy atom. The second-order valence-electron chi connectivity index (χ2n) is 3.59. The molecule has 0 aliphatic rings. The molecule has 0 heterocycles. The van der Waals surface area contributed by atoms with Crippen molar-refractivity contribution in [2.45, 2.75) is 0 Å². The Kier molecular flexibility index (Phi) is 3.99. The number of benzene rings is 2. The molecule has 5 heteroatoms. The fourth-order valence-corrected chi connectivity index (χ4v) is 1.89. The van der Waals surface area contributed by atoms with Crippen molar-refractivity contribution >= 4 is 39.1 Å². The third-order valence-corrected chi connectivity index (χ3v) is 3.02. The molecule has 0 saturated heterocycles. The molecule has 0 bridgehead atoms. The molecule has 2 aromatic rings. The molecule has 18 heavy (non-hydrogen) atoms. The highest BCUT2D eigenvalue weighted by Gasteiger charge is 2.12. The minimum Gasteiger partial charge on any atom is -0.322 e. The largest absolute Gasteiger partial charge is 0.322 e. The molecule has 0 fully saturated rings. The highest BCUT2D eigenvalue weighted by molar-refractivity contribution is 9.10. The van der Waals surface area contributed by atoms with Crippen molar-refractivity contribution in [3.63, 3.8) is 0 Å². The second-order valence-corrected chi connectivity index (χ2v) is 4.94. The topological polar surface area (TPSA) is 29.1 Å². The Bertz CT molecular complexity index is 586. The summed E-state index contributed by atoms with van der Waals surface area (Å²) in [5.74, 6) is -1.07. The predicted octanol–water partition coefficient (Wildman–Crippen LogP) is 4.49. The fraction of sp³-hybridized carbons (Fsp3) is 0. The van der Waals surface area contributed by atoms with Gasteiger partial charge in [-0.3, -0.25) is 4.79 Å². The van der Waals surface area contributed by atoms with Crippen molar-refractivity contribution in [2.75, 3.05) is 5.32 Å². The number of amides is 1. The Morgan fingerprint density at radius 2 is 1.83 bits per heavy atom. The first-order valence-corrected chi connectivity index (χ1v) is 6.25. The molecule has 2 aromatic carbocycles. The SMILES string of the molecule is O=C(Nc1ccc(Cl)cc1)c1cc(Br)ccc1F. The normalized spacial score (nSPS) is 10.2. The van der Waals surface area contributed by atoms with Gasteiger partial charge in [0.1, 0.15) is 5.82 Å². The molecule has 0 saturated carbocycles. The fourth-order valence-electron chi connectivity index (χ4n) is 1.40. The molecule has 2 rings (SSSR count). The van der Waals surface area contributed by atoms with Gasteiger partial charge < -0.3 is 5.32 Å². The Morgan fingerprint density at radius 3 is 2.50 bits per heavy atom. The summed E-state index contributed by atoms with van der Waals surface area (Å²) < 4.78 is 14.1. The van der Waals surface area contributed by atoms with Gasteiger partial charge in [0.2, 0.25) is 0 Å². The van der Waals surface area contributed by atoms with Gasteiger partial charge in [-0.05, 0) is 42.5 Å². The van der Waals surface area contributed by atoms with Crippen LogP contribution < -0.4 is 5.32 Å². The van der Waals surface area contributed by atoms with Crippen molar-refractivity contribution in [3.05, 3.63) is 63.3 Å². The molecule has 0 spiro atoms. The lowest BCUT2D eigenvalue weighted by molar-refractivity contribution is 0.102. The van der Waals surface area contributed by atoms with E-state index in [0.717, 1.165) is 0 Å². The molecule has 0 atom stereocenters. The van der Waals surface area contributed by atoms with E-state index in [1.54, 1.807) is 24.3 Å². The lowest BCUT2D eigenvalue weighted by Gasteiger charge is -2.06. The van der Waals surface area contributed by atoms with Gasteiger partial charge in [-0.25, -0.2) is 4.39 Å². The van der Waals surface area contributed by atoms with Crippen LogP contribution in [0.4, 0.5) is 10.1 Å². The number of nitrogens with one attached hydrogen (secondary N) is 1. The van der Waals surface area contributed by atoms with Crippen LogP contribution in [0.25, 0.3) is 0 Å². The van der Waals surface area contributed by atoms with Crippen molar-refractivity contribution in [1.29, 1.82) is 0 Å². The maximum atomic E-state index is 13.5. The molecule has 1 N–H and O–H groups in total. The Balaban J connectivity index is 2.21. The number of anilines is 1. The van der Waals surface area contributed by atoms with Gasteiger partial charge in [0.25, 0.3) is 5.91 Å². The summed E-state index contributed by atoms with van der Waals surface area (Å²) in [6.07, 6.45) is 0. The standard InChI is InChI=1S/C13H8BrClFNO/c14-8-1-6-12(16)11(7-8)13(18)17-10-4-2-9(15)3-5-10/h1-7H,(H,17,18). The van der Waals surface area contributed by atoms with Crippen LogP contribution in [-0.4, -0.2) is 5.91 Å². The van der Waals surface area contributed by atoms with E-state index < -0.39 is 11.7 Å². The molecule has 0 radical (unpaired) electrons. The van der Waals surface area contributed by atoms with Crippen LogP contribution in [0, 0.1) is 5.82 Å². The van der Waals surface area contributed by atoms with Gasteiger partial charge in [-0.1, -0.05) is 27.5 Å². The zero-order chi connectivity index (χ0) is 13.1. The number of hydrogen-bond acceptors (Lipinski definition) is 1. The molecule has 92 valence electrons. The number of carbonyl (C=O) groups excluding carboxylic acids is 1. The molecule has 0 aliphatic carbocycles. The molecule has 0 aromatic heterocycles. The van der Waals surface area contributed by atoms with Gasteiger partial charge in [-0.15, -0.1) is 0 Å². The number of hydrogen-bond donors (Lipinski definition) is 1. The van der Waals surface area contributed by atoms with E-state index >= 15 is 0 Å². The van der Waals surface area contributed by atoms with Crippen molar-refractivity contribution in [3.8, 4) is 0 Å².